The minimum atomic E-state index is 0.158. The van der Waals surface area contributed by atoms with Crippen LogP contribution in [0.1, 0.15) is 19.4 Å². The van der Waals surface area contributed by atoms with Crippen molar-refractivity contribution >= 4 is 21.4 Å². The molecule has 3 heteroatoms. The number of ether oxygens (including phenoxy) is 2. The highest BCUT2D eigenvalue weighted by Gasteiger charge is 2.10. The fraction of sp³-hybridized carbons (Fsp3) is 0.385. The molecule has 0 atom stereocenters. The van der Waals surface area contributed by atoms with E-state index in [1.807, 2.05) is 19.9 Å². The standard InChI is InChI=1S/C13H16O2S/c1-8(2)15-12-5-10-9(3)7-16-13(10)6-11(12)14-4/h5-8H,1-4H3. The van der Waals surface area contributed by atoms with Crippen molar-refractivity contribution < 1.29 is 9.47 Å². The van der Waals surface area contributed by atoms with Gasteiger partial charge in [0.15, 0.2) is 11.5 Å². The van der Waals surface area contributed by atoms with Gasteiger partial charge in [0.2, 0.25) is 0 Å². The molecule has 0 aliphatic rings. The van der Waals surface area contributed by atoms with Crippen LogP contribution >= 0.6 is 11.3 Å². The van der Waals surface area contributed by atoms with Crippen LogP contribution in [-0.2, 0) is 0 Å². The van der Waals surface area contributed by atoms with Crippen molar-refractivity contribution in [1.82, 2.24) is 0 Å². The molecule has 0 saturated carbocycles. The first-order valence-corrected chi connectivity index (χ1v) is 6.22. The zero-order valence-corrected chi connectivity index (χ0v) is 10.9. The lowest BCUT2D eigenvalue weighted by atomic mass is 10.2. The molecule has 0 fully saturated rings. The van der Waals surface area contributed by atoms with E-state index in [0.717, 1.165) is 11.5 Å². The Balaban J connectivity index is 2.56. The Morgan fingerprint density at radius 2 is 1.94 bits per heavy atom. The molecule has 2 rings (SSSR count). The third kappa shape index (κ3) is 2.00. The highest BCUT2D eigenvalue weighted by atomic mass is 32.1. The van der Waals surface area contributed by atoms with Crippen molar-refractivity contribution in [2.45, 2.75) is 26.9 Å². The lowest BCUT2D eigenvalue weighted by molar-refractivity contribution is 0.230. The average molecular weight is 236 g/mol. The summed E-state index contributed by atoms with van der Waals surface area (Å²) in [4.78, 5) is 0. The molecule has 86 valence electrons. The summed E-state index contributed by atoms with van der Waals surface area (Å²) in [5, 5.41) is 3.41. The largest absolute Gasteiger partial charge is 0.493 e. The van der Waals surface area contributed by atoms with Crippen LogP contribution in [0.25, 0.3) is 10.1 Å². The van der Waals surface area contributed by atoms with E-state index in [4.69, 9.17) is 9.47 Å². The Kier molecular flexibility index (Phi) is 3.06. The van der Waals surface area contributed by atoms with E-state index in [9.17, 15) is 0 Å². The zero-order valence-electron chi connectivity index (χ0n) is 10.0. The number of fused-ring (bicyclic) bond motifs is 1. The molecule has 1 aromatic carbocycles. The van der Waals surface area contributed by atoms with Crippen LogP contribution in [0.5, 0.6) is 11.5 Å². The number of hydrogen-bond donors (Lipinski definition) is 0. The molecule has 2 aromatic rings. The Labute approximate surface area is 99.8 Å². The normalized spacial score (nSPS) is 11.1. The maximum atomic E-state index is 5.75. The fourth-order valence-corrected chi connectivity index (χ4v) is 2.62. The molecule has 0 spiro atoms. The van der Waals surface area contributed by atoms with Crippen LogP contribution in [0.15, 0.2) is 17.5 Å². The molecule has 0 N–H and O–H groups in total. The quantitative estimate of drug-likeness (QED) is 0.801. The Morgan fingerprint density at radius 3 is 2.56 bits per heavy atom. The van der Waals surface area contributed by atoms with Crippen molar-refractivity contribution in [3.63, 3.8) is 0 Å². The molecular weight excluding hydrogens is 220 g/mol. The first kappa shape index (κ1) is 11.3. The summed E-state index contributed by atoms with van der Waals surface area (Å²) in [6.07, 6.45) is 0.158. The first-order valence-electron chi connectivity index (χ1n) is 5.34. The van der Waals surface area contributed by atoms with Crippen LogP contribution in [0.2, 0.25) is 0 Å². The summed E-state index contributed by atoms with van der Waals surface area (Å²) >= 11 is 1.74. The van der Waals surface area contributed by atoms with E-state index in [1.54, 1.807) is 18.4 Å². The molecule has 0 amide bonds. The summed E-state index contributed by atoms with van der Waals surface area (Å²) in [6, 6.07) is 4.12. The molecule has 1 heterocycles. The van der Waals surface area contributed by atoms with Gasteiger partial charge in [-0.3, -0.25) is 0 Å². The first-order chi connectivity index (χ1) is 7.61. The maximum absolute atomic E-state index is 5.75. The highest BCUT2D eigenvalue weighted by molar-refractivity contribution is 7.17. The van der Waals surface area contributed by atoms with E-state index >= 15 is 0 Å². The Morgan fingerprint density at radius 1 is 1.19 bits per heavy atom. The fourth-order valence-electron chi connectivity index (χ4n) is 1.67. The minimum absolute atomic E-state index is 0.158. The molecule has 16 heavy (non-hydrogen) atoms. The predicted octanol–water partition coefficient (Wildman–Crippen LogP) is 4.01. The highest BCUT2D eigenvalue weighted by Crippen LogP contribution is 2.37. The lowest BCUT2D eigenvalue weighted by Gasteiger charge is -2.13. The van der Waals surface area contributed by atoms with Gasteiger partial charge in [-0.1, -0.05) is 0 Å². The maximum Gasteiger partial charge on any atom is 0.162 e. The molecule has 1 aromatic heterocycles. The third-order valence-electron chi connectivity index (χ3n) is 2.42. The second-order valence-electron chi connectivity index (χ2n) is 4.08. The zero-order chi connectivity index (χ0) is 11.7. The van der Waals surface area contributed by atoms with Crippen molar-refractivity contribution in [2.75, 3.05) is 7.11 Å². The summed E-state index contributed by atoms with van der Waals surface area (Å²) in [6.45, 7) is 6.15. The number of rotatable bonds is 3. The summed E-state index contributed by atoms with van der Waals surface area (Å²) in [7, 11) is 1.68. The average Bonchev–Trinajstić information content (AvgIpc) is 2.58. The predicted molar refractivity (Wildman–Crippen MR) is 68.9 cm³/mol. The van der Waals surface area contributed by atoms with Gasteiger partial charge in [-0.2, -0.15) is 0 Å². The summed E-state index contributed by atoms with van der Waals surface area (Å²) in [5.74, 6) is 1.63. The van der Waals surface area contributed by atoms with Gasteiger partial charge in [0.05, 0.1) is 13.2 Å². The number of aryl methyl sites for hydroxylation is 1. The topological polar surface area (TPSA) is 18.5 Å². The van der Waals surface area contributed by atoms with Crippen LogP contribution in [0, 0.1) is 6.92 Å². The van der Waals surface area contributed by atoms with Gasteiger partial charge in [0, 0.05) is 10.8 Å². The van der Waals surface area contributed by atoms with Crippen molar-refractivity contribution in [2.24, 2.45) is 0 Å². The second-order valence-corrected chi connectivity index (χ2v) is 5.00. The van der Waals surface area contributed by atoms with E-state index in [2.05, 4.69) is 18.4 Å². The summed E-state index contributed by atoms with van der Waals surface area (Å²) in [5.41, 5.74) is 1.29. The number of hydrogen-bond acceptors (Lipinski definition) is 3. The molecular formula is C13H16O2S. The Bertz CT molecular complexity index is 500. The van der Waals surface area contributed by atoms with Crippen LogP contribution in [-0.4, -0.2) is 13.2 Å². The van der Waals surface area contributed by atoms with E-state index in [0.29, 0.717) is 0 Å². The van der Waals surface area contributed by atoms with E-state index in [1.165, 1.54) is 15.6 Å². The number of thiophene rings is 1. The number of benzene rings is 1. The number of methoxy groups -OCH3 is 1. The molecule has 0 radical (unpaired) electrons. The molecule has 0 aliphatic carbocycles. The van der Waals surface area contributed by atoms with Crippen molar-refractivity contribution in [1.29, 1.82) is 0 Å². The van der Waals surface area contributed by atoms with Crippen LogP contribution < -0.4 is 9.47 Å². The minimum Gasteiger partial charge on any atom is -0.493 e. The SMILES string of the molecule is COc1cc2scc(C)c2cc1OC(C)C. The van der Waals surface area contributed by atoms with Crippen LogP contribution in [0.3, 0.4) is 0 Å². The van der Waals surface area contributed by atoms with Gasteiger partial charge in [-0.25, -0.2) is 0 Å². The van der Waals surface area contributed by atoms with Gasteiger partial charge in [-0.05, 0) is 43.2 Å². The van der Waals surface area contributed by atoms with Crippen LogP contribution in [0.4, 0.5) is 0 Å². The van der Waals surface area contributed by atoms with Crippen molar-refractivity contribution in [3.8, 4) is 11.5 Å². The molecule has 0 aliphatic heterocycles. The van der Waals surface area contributed by atoms with Gasteiger partial charge >= 0.3 is 0 Å². The van der Waals surface area contributed by atoms with Gasteiger partial charge < -0.3 is 9.47 Å². The summed E-state index contributed by atoms with van der Waals surface area (Å²) < 4.78 is 12.3. The van der Waals surface area contributed by atoms with Gasteiger partial charge in [0.25, 0.3) is 0 Å². The molecule has 0 bridgehead atoms. The lowest BCUT2D eigenvalue weighted by Crippen LogP contribution is -2.06. The van der Waals surface area contributed by atoms with Crippen molar-refractivity contribution in [3.05, 3.63) is 23.1 Å². The van der Waals surface area contributed by atoms with Gasteiger partial charge in [0.1, 0.15) is 0 Å². The molecule has 2 nitrogen and oxygen atoms in total. The van der Waals surface area contributed by atoms with E-state index < -0.39 is 0 Å². The molecule has 0 saturated heterocycles. The third-order valence-corrected chi connectivity index (χ3v) is 3.48. The van der Waals surface area contributed by atoms with E-state index in [-0.39, 0.29) is 6.10 Å². The Hall–Kier alpha value is -1.22. The monoisotopic (exact) mass is 236 g/mol. The van der Waals surface area contributed by atoms with Gasteiger partial charge in [-0.15, -0.1) is 11.3 Å². The molecule has 0 unspecified atom stereocenters. The second kappa shape index (κ2) is 4.34. The smallest absolute Gasteiger partial charge is 0.162 e.